The van der Waals surface area contributed by atoms with E-state index in [0.29, 0.717) is 12.0 Å². The molecule has 3 fully saturated rings. The molecule has 0 radical (unpaired) electrons. The van der Waals surface area contributed by atoms with Crippen LogP contribution in [0.2, 0.25) is 0 Å². The van der Waals surface area contributed by atoms with Gasteiger partial charge >= 0.3 is 17.9 Å². The van der Waals surface area contributed by atoms with Crippen LogP contribution in [0.4, 0.5) is 0 Å². The van der Waals surface area contributed by atoms with Gasteiger partial charge in [0.1, 0.15) is 18.0 Å². The molecule has 2 aromatic rings. The summed E-state index contributed by atoms with van der Waals surface area (Å²) in [6.45, 7) is 0. The van der Waals surface area contributed by atoms with Crippen molar-refractivity contribution < 1.29 is 41.6 Å². The zero-order chi connectivity index (χ0) is 24.4. The summed E-state index contributed by atoms with van der Waals surface area (Å²) in [5.74, 6) is -3.90. The van der Waals surface area contributed by atoms with Crippen molar-refractivity contribution in [2.45, 2.75) is 23.5 Å². The summed E-state index contributed by atoms with van der Waals surface area (Å²) in [7, 11) is -4.38. The second-order valence-corrected chi connectivity index (χ2v) is 12.1. The molecular formula is C22H16I2O9S. The second-order valence-electron chi connectivity index (χ2n) is 8.38. The molecule has 5 rings (SSSR count). The van der Waals surface area contributed by atoms with E-state index < -0.39 is 58.0 Å². The highest BCUT2D eigenvalue weighted by molar-refractivity contribution is 14.1. The summed E-state index contributed by atoms with van der Waals surface area (Å²) in [4.78, 5) is 38.1. The number of rotatable bonds is 5. The van der Waals surface area contributed by atoms with E-state index in [-0.39, 0.29) is 16.6 Å². The Balaban J connectivity index is 1.35. The molecule has 9 nitrogen and oxygen atoms in total. The minimum atomic E-state index is -4.38. The summed E-state index contributed by atoms with van der Waals surface area (Å²) in [6.07, 6.45) is -0.867. The third kappa shape index (κ3) is 4.11. The maximum absolute atomic E-state index is 13.1. The number of esters is 3. The lowest BCUT2D eigenvalue weighted by molar-refractivity contribution is -0.149. The molecular weight excluding hydrogens is 694 g/mol. The standard InChI is InChI=1S/C22H16I2O9S/c23-14-6-1-9(7-15(14)24)20(25)32-18-12-8-13-17(22(27)33-19(13)18)16(12)21(26)31-10-2-4-11(5-3-10)34(28,29)30/h1-7,12-13,16-19H,8H2,(H,28,29,30)/t12?,13?,16?,17-,18?,19?/m0/s1. The van der Waals surface area contributed by atoms with Crippen LogP contribution in [0.25, 0.3) is 0 Å². The molecule has 2 aliphatic carbocycles. The van der Waals surface area contributed by atoms with Crippen LogP contribution in [0.5, 0.6) is 5.75 Å². The van der Waals surface area contributed by atoms with Gasteiger partial charge in [-0.2, -0.15) is 8.42 Å². The molecule has 0 aromatic heterocycles. The van der Waals surface area contributed by atoms with Crippen LogP contribution in [0.15, 0.2) is 47.4 Å². The Hall–Kier alpha value is -1.78. The Labute approximate surface area is 221 Å². The first-order chi connectivity index (χ1) is 16.0. The summed E-state index contributed by atoms with van der Waals surface area (Å²) in [6, 6.07) is 9.85. The van der Waals surface area contributed by atoms with Crippen molar-refractivity contribution in [3.8, 4) is 5.75 Å². The first kappa shape index (κ1) is 23.9. The van der Waals surface area contributed by atoms with Gasteiger partial charge in [0.15, 0.2) is 0 Å². The Kier molecular flexibility index (Phi) is 6.13. The molecule has 1 heterocycles. The Bertz CT molecular complexity index is 1310. The Morgan fingerprint density at radius 2 is 1.74 bits per heavy atom. The van der Waals surface area contributed by atoms with E-state index in [2.05, 4.69) is 45.2 Å². The highest BCUT2D eigenvalue weighted by atomic mass is 127. The van der Waals surface area contributed by atoms with Crippen molar-refractivity contribution in [1.29, 1.82) is 0 Å². The molecule has 1 N–H and O–H groups in total. The van der Waals surface area contributed by atoms with Gasteiger partial charge in [-0.15, -0.1) is 0 Å². The fourth-order valence-electron chi connectivity index (χ4n) is 5.15. The van der Waals surface area contributed by atoms with Crippen LogP contribution in [0.3, 0.4) is 0 Å². The molecule has 178 valence electrons. The number of hydrogen-bond donors (Lipinski definition) is 1. The first-order valence-electron chi connectivity index (χ1n) is 10.2. The van der Waals surface area contributed by atoms with Crippen molar-refractivity contribution in [2.75, 3.05) is 0 Å². The van der Waals surface area contributed by atoms with Gasteiger partial charge in [0.05, 0.1) is 22.3 Å². The largest absolute Gasteiger partial charge is 0.458 e. The van der Waals surface area contributed by atoms with Gasteiger partial charge < -0.3 is 14.2 Å². The summed E-state index contributed by atoms with van der Waals surface area (Å²) in [5, 5.41) is 0. The second kappa shape index (κ2) is 8.71. The molecule has 6 atom stereocenters. The molecule has 3 aliphatic rings. The maximum Gasteiger partial charge on any atom is 0.338 e. The summed E-state index contributed by atoms with van der Waals surface area (Å²) >= 11 is 4.28. The molecule has 0 spiro atoms. The van der Waals surface area contributed by atoms with E-state index >= 15 is 0 Å². The number of benzene rings is 2. The summed E-state index contributed by atoms with van der Waals surface area (Å²) < 4.78 is 50.1. The molecule has 2 saturated carbocycles. The van der Waals surface area contributed by atoms with E-state index in [1.54, 1.807) is 18.2 Å². The molecule has 12 heteroatoms. The van der Waals surface area contributed by atoms with Crippen LogP contribution in [0, 0.1) is 30.8 Å². The number of ether oxygens (including phenoxy) is 3. The number of halogens is 2. The zero-order valence-corrected chi connectivity index (χ0v) is 22.2. The topological polar surface area (TPSA) is 133 Å². The number of carbonyl (C=O) groups is 3. The lowest BCUT2D eigenvalue weighted by atomic mass is 9.78. The first-order valence-corrected chi connectivity index (χ1v) is 13.8. The summed E-state index contributed by atoms with van der Waals surface area (Å²) in [5.41, 5.74) is 0.367. The normalized spacial score (nSPS) is 29.1. The minimum absolute atomic E-state index is 0.0603. The van der Waals surface area contributed by atoms with Gasteiger partial charge in [-0.3, -0.25) is 14.1 Å². The van der Waals surface area contributed by atoms with E-state index in [0.717, 1.165) is 19.3 Å². The third-order valence-electron chi connectivity index (χ3n) is 6.56. The Morgan fingerprint density at radius 1 is 1.03 bits per heavy atom. The lowest BCUT2D eigenvalue weighted by Gasteiger charge is -2.30. The van der Waals surface area contributed by atoms with Crippen LogP contribution < -0.4 is 4.74 Å². The average molecular weight is 710 g/mol. The predicted molar refractivity (Wildman–Crippen MR) is 131 cm³/mol. The molecule has 2 bridgehead atoms. The molecule has 34 heavy (non-hydrogen) atoms. The van der Waals surface area contributed by atoms with Crippen molar-refractivity contribution in [3.63, 3.8) is 0 Å². The van der Waals surface area contributed by atoms with Gasteiger partial charge in [0, 0.05) is 19.0 Å². The van der Waals surface area contributed by atoms with Gasteiger partial charge in [0.2, 0.25) is 0 Å². The quantitative estimate of drug-likeness (QED) is 0.215. The van der Waals surface area contributed by atoms with Crippen molar-refractivity contribution in [1.82, 2.24) is 0 Å². The third-order valence-corrected chi connectivity index (χ3v) is 10.3. The SMILES string of the molecule is O=C(OC1C2CC3C1OC(=O)[C@@H]3C2C(=O)Oc1ccc(S(=O)(=O)O)cc1)c1ccc(I)c(I)c1. The van der Waals surface area contributed by atoms with Crippen molar-refractivity contribution in [2.24, 2.45) is 23.7 Å². The van der Waals surface area contributed by atoms with Gasteiger partial charge in [-0.25, -0.2) is 4.79 Å². The molecule has 1 saturated heterocycles. The van der Waals surface area contributed by atoms with Crippen LogP contribution in [0.1, 0.15) is 16.8 Å². The smallest absolute Gasteiger partial charge is 0.338 e. The van der Waals surface area contributed by atoms with E-state index in [1.165, 1.54) is 12.1 Å². The molecule has 2 aromatic carbocycles. The fraction of sp³-hybridized carbons (Fsp3) is 0.318. The minimum Gasteiger partial charge on any atom is -0.458 e. The number of hydrogen-bond acceptors (Lipinski definition) is 8. The fourth-order valence-corrected chi connectivity index (χ4v) is 6.48. The van der Waals surface area contributed by atoms with Crippen LogP contribution >= 0.6 is 45.2 Å². The molecule has 1 aliphatic heterocycles. The van der Waals surface area contributed by atoms with E-state index in [4.69, 9.17) is 18.8 Å². The van der Waals surface area contributed by atoms with E-state index in [1.807, 2.05) is 0 Å². The number of carbonyl (C=O) groups excluding carboxylic acids is 3. The van der Waals surface area contributed by atoms with Crippen LogP contribution in [-0.2, 0) is 29.2 Å². The highest BCUT2D eigenvalue weighted by Crippen LogP contribution is 2.59. The number of fused-ring (bicyclic) bond motifs is 1. The van der Waals surface area contributed by atoms with Crippen LogP contribution in [-0.4, -0.2) is 43.1 Å². The molecule has 5 unspecified atom stereocenters. The zero-order valence-electron chi connectivity index (χ0n) is 17.1. The lowest BCUT2D eigenvalue weighted by Crippen LogP contribution is -2.44. The van der Waals surface area contributed by atoms with Gasteiger partial charge in [-0.05, 0) is 94.1 Å². The van der Waals surface area contributed by atoms with Gasteiger partial charge in [-0.1, -0.05) is 0 Å². The average Bonchev–Trinajstić information content (AvgIpc) is 3.39. The predicted octanol–water partition coefficient (Wildman–Crippen LogP) is 3.08. The van der Waals surface area contributed by atoms with Crippen molar-refractivity contribution >= 4 is 73.2 Å². The highest BCUT2D eigenvalue weighted by Gasteiger charge is 2.70. The monoisotopic (exact) mass is 710 g/mol. The van der Waals surface area contributed by atoms with Gasteiger partial charge in [0.25, 0.3) is 10.1 Å². The molecule has 0 amide bonds. The van der Waals surface area contributed by atoms with Crippen molar-refractivity contribution in [3.05, 3.63) is 55.2 Å². The Morgan fingerprint density at radius 3 is 2.38 bits per heavy atom. The van der Waals surface area contributed by atoms with E-state index in [9.17, 15) is 22.8 Å². The maximum atomic E-state index is 13.1.